The van der Waals surface area contributed by atoms with Crippen LogP contribution in [0.1, 0.15) is 24.8 Å². The van der Waals surface area contributed by atoms with E-state index in [-0.39, 0.29) is 5.91 Å². The van der Waals surface area contributed by atoms with Crippen LogP contribution in [0.4, 0.5) is 0 Å². The zero-order valence-corrected chi connectivity index (χ0v) is 11.1. The fourth-order valence-electron chi connectivity index (χ4n) is 2.93. The molecule has 2 aliphatic rings. The molecule has 0 aliphatic carbocycles. The summed E-state index contributed by atoms with van der Waals surface area (Å²) in [6.07, 6.45) is 2.63. The maximum absolute atomic E-state index is 11.4. The summed E-state index contributed by atoms with van der Waals surface area (Å²) in [6, 6.07) is 8.73. The van der Waals surface area contributed by atoms with Crippen molar-refractivity contribution in [2.75, 3.05) is 19.7 Å². The molecule has 2 aliphatic heterocycles. The Morgan fingerprint density at radius 1 is 1.26 bits per heavy atom. The van der Waals surface area contributed by atoms with Crippen LogP contribution in [0, 0.1) is 0 Å². The molecule has 0 aromatic heterocycles. The highest BCUT2D eigenvalue weighted by Gasteiger charge is 2.24. The number of ether oxygens (including phenoxy) is 1. The molecule has 1 aromatic rings. The largest absolute Gasteiger partial charge is 0.492 e. The Labute approximate surface area is 113 Å². The van der Waals surface area contributed by atoms with E-state index >= 15 is 0 Å². The van der Waals surface area contributed by atoms with Gasteiger partial charge >= 0.3 is 0 Å². The van der Waals surface area contributed by atoms with E-state index in [9.17, 15) is 4.79 Å². The third kappa shape index (κ3) is 2.89. The summed E-state index contributed by atoms with van der Waals surface area (Å²) in [7, 11) is 0. The molecule has 0 spiro atoms. The smallest absolute Gasteiger partial charge is 0.220 e. The first-order valence-electron chi connectivity index (χ1n) is 7.04. The first-order valence-corrected chi connectivity index (χ1v) is 7.04. The standard InChI is InChI=1S/C15H20N2O2/c18-15-6-5-13(7-8-16-15)17-9-10-19-14-4-2-1-3-12(14)11-17/h1-4,13H,5-11H2,(H,16,18). The van der Waals surface area contributed by atoms with Crippen molar-refractivity contribution in [1.29, 1.82) is 0 Å². The molecule has 0 radical (unpaired) electrons. The first kappa shape index (κ1) is 12.5. The summed E-state index contributed by atoms with van der Waals surface area (Å²) >= 11 is 0. The van der Waals surface area contributed by atoms with E-state index in [1.54, 1.807) is 0 Å². The van der Waals surface area contributed by atoms with E-state index in [0.717, 1.165) is 44.8 Å². The van der Waals surface area contributed by atoms with Gasteiger partial charge in [0.15, 0.2) is 0 Å². The molecule has 1 atom stereocenters. The van der Waals surface area contributed by atoms with Crippen molar-refractivity contribution >= 4 is 5.91 Å². The number of nitrogens with zero attached hydrogens (tertiary/aromatic N) is 1. The highest BCUT2D eigenvalue weighted by atomic mass is 16.5. The summed E-state index contributed by atoms with van der Waals surface area (Å²) in [5, 5.41) is 2.95. The monoisotopic (exact) mass is 260 g/mol. The number of benzene rings is 1. The molecule has 0 saturated carbocycles. The Morgan fingerprint density at radius 2 is 2.16 bits per heavy atom. The molecule has 19 heavy (non-hydrogen) atoms. The Balaban J connectivity index is 1.73. The molecule has 1 amide bonds. The second-order valence-electron chi connectivity index (χ2n) is 5.26. The fourth-order valence-corrected chi connectivity index (χ4v) is 2.93. The second kappa shape index (κ2) is 5.61. The van der Waals surface area contributed by atoms with Gasteiger partial charge in [0.25, 0.3) is 0 Å². The molecule has 1 N–H and O–H groups in total. The van der Waals surface area contributed by atoms with Crippen LogP contribution < -0.4 is 10.1 Å². The highest BCUT2D eigenvalue weighted by molar-refractivity contribution is 5.76. The van der Waals surface area contributed by atoms with Crippen LogP contribution in [0.2, 0.25) is 0 Å². The van der Waals surface area contributed by atoms with Gasteiger partial charge in [0, 0.05) is 37.7 Å². The number of hydrogen-bond acceptors (Lipinski definition) is 3. The van der Waals surface area contributed by atoms with Crippen LogP contribution in [-0.4, -0.2) is 36.5 Å². The van der Waals surface area contributed by atoms with Crippen LogP contribution >= 0.6 is 0 Å². The first-order chi connectivity index (χ1) is 9.33. The third-order valence-electron chi connectivity index (χ3n) is 4.00. The predicted octanol–water partition coefficient (Wildman–Crippen LogP) is 1.55. The van der Waals surface area contributed by atoms with Gasteiger partial charge in [-0.2, -0.15) is 0 Å². The van der Waals surface area contributed by atoms with Gasteiger partial charge < -0.3 is 10.1 Å². The van der Waals surface area contributed by atoms with Gasteiger partial charge in [-0.25, -0.2) is 0 Å². The Hall–Kier alpha value is -1.55. The zero-order chi connectivity index (χ0) is 13.1. The van der Waals surface area contributed by atoms with Gasteiger partial charge in [-0.3, -0.25) is 9.69 Å². The third-order valence-corrected chi connectivity index (χ3v) is 4.00. The zero-order valence-electron chi connectivity index (χ0n) is 11.1. The molecule has 102 valence electrons. The van der Waals surface area contributed by atoms with E-state index in [2.05, 4.69) is 22.3 Å². The van der Waals surface area contributed by atoms with Crippen LogP contribution in [-0.2, 0) is 11.3 Å². The van der Waals surface area contributed by atoms with Crippen LogP contribution in [0.3, 0.4) is 0 Å². The van der Waals surface area contributed by atoms with Crippen molar-refractivity contribution in [3.63, 3.8) is 0 Å². The van der Waals surface area contributed by atoms with Crippen LogP contribution in [0.5, 0.6) is 5.75 Å². The Morgan fingerprint density at radius 3 is 3.11 bits per heavy atom. The molecular weight excluding hydrogens is 240 g/mol. The van der Waals surface area contributed by atoms with Gasteiger partial charge in [0.1, 0.15) is 12.4 Å². The average Bonchev–Trinajstić information content (AvgIpc) is 2.76. The van der Waals surface area contributed by atoms with Gasteiger partial charge in [-0.15, -0.1) is 0 Å². The van der Waals surface area contributed by atoms with Crippen molar-refractivity contribution in [3.05, 3.63) is 29.8 Å². The van der Waals surface area contributed by atoms with Gasteiger partial charge in [0.05, 0.1) is 0 Å². The molecule has 3 rings (SSSR count). The van der Waals surface area contributed by atoms with Gasteiger partial charge in [0.2, 0.25) is 5.91 Å². The predicted molar refractivity (Wildman–Crippen MR) is 73.0 cm³/mol. The van der Waals surface area contributed by atoms with Gasteiger partial charge in [-0.05, 0) is 18.9 Å². The number of carbonyl (C=O) groups excluding carboxylic acids is 1. The van der Waals surface area contributed by atoms with E-state index in [4.69, 9.17) is 4.74 Å². The van der Waals surface area contributed by atoms with Crippen LogP contribution in [0.15, 0.2) is 24.3 Å². The van der Waals surface area contributed by atoms with E-state index < -0.39 is 0 Å². The summed E-state index contributed by atoms with van der Waals surface area (Å²) in [5.41, 5.74) is 1.25. The maximum atomic E-state index is 11.4. The highest BCUT2D eigenvalue weighted by Crippen LogP contribution is 2.25. The van der Waals surface area contributed by atoms with Crippen LogP contribution in [0.25, 0.3) is 0 Å². The molecule has 1 aromatic carbocycles. The minimum absolute atomic E-state index is 0.189. The molecular formula is C15H20N2O2. The summed E-state index contributed by atoms with van der Waals surface area (Å²) < 4.78 is 5.80. The summed E-state index contributed by atoms with van der Waals surface area (Å²) in [6.45, 7) is 3.39. The molecule has 4 heteroatoms. The van der Waals surface area contributed by atoms with E-state index in [1.807, 2.05) is 12.1 Å². The van der Waals surface area contributed by atoms with Crippen molar-refractivity contribution in [1.82, 2.24) is 10.2 Å². The summed E-state index contributed by atoms with van der Waals surface area (Å²) in [5.74, 6) is 1.20. The second-order valence-corrected chi connectivity index (χ2v) is 5.26. The van der Waals surface area contributed by atoms with E-state index in [1.165, 1.54) is 5.56 Å². The Bertz CT molecular complexity index is 461. The molecule has 4 nitrogen and oxygen atoms in total. The average molecular weight is 260 g/mol. The number of hydrogen-bond donors (Lipinski definition) is 1. The lowest BCUT2D eigenvalue weighted by molar-refractivity contribution is -0.120. The quantitative estimate of drug-likeness (QED) is 0.833. The lowest BCUT2D eigenvalue weighted by Gasteiger charge is -2.28. The van der Waals surface area contributed by atoms with Gasteiger partial charge in [-0.1, -0.05) is 18.2 Å². The molecule has 2 heterocycles. The minimum Gasteiger partial charge on any atom is -0.492 e. The lowest BCUT2D eigenvalue weighted by Crippen LogP contribution is -2.37. The SMILES string of the molecule is O=C1CCC(N2CCOc3ccccc3C2)CCN1. The topological polar surface area (TPSA) is 41.6 Å². The summed E-state index contributed by atoms with van der Waals surface area (Å²) in [4.78, 5) is 13.9. The number of para-hydroxylation sites is 1. The van der Waals surface area contributed by atoms with Crippen molar-refractivity contribution in [3.8, 4) is 5.75 Å². The number of carbonyl (C=O) groups is 1. The number of fused-ring (bicyclic) bond motifs is 1. The normalized spacial score (nSPS) is 24.6. The number of amides is 1. The molecule has 1 fully saturated rings. The molecule has 1 unspecified atom stereocenters. The van der Waals surface area contributed by atoms with Crippen molar-refractivity contribution < 1.29 is 9.53 Å². The number of nitrogens with one attached hydrogen (secondary N) is 1. The van der Waals surface area contributed by atoms with Crippen molar-refractivity contribution in [2.45, 2.75) is 31.8 Å². The van der Waals surface area contributed by atoms with E-state index in [0.29, 0.717) is 12.5 Å². The fraction of sp³-hybridized carbons (Fsp3) is 0.533. The molecule has 0 bridgehead atoms. The Kier molecular flexibility index (Phi) is 3.69. The maximum Gasteiger partial charge on any atom is 0.220 e. The van der Waals surface area contributed by atoms with Crippen molar-refractivity contribution in [2.24, 2.45) is 0 Å². The number of rotatable bonds is 1. The minimum atomic E-state index is 0.189. The molecule has 1 saturated heterocycles. The lowest BCUT2D eigenvalue weighted by atomic mass is 10.1.